The molecule has 0 fully saturated rings. The summed E-state index contributed by atoms with van der Waals surface area (Å²) in [4.78, 5) is -2.56. The Morgan fingerprint density at radius 2 is 0.950 bits per heavy atom. The zero-order valence-electron chi connectivity index (χ0n) is 42.5. The summed E-state index contributed by atoms with van der Waals surface area (Å²) in [5.74, 6) is -0.778. The zero-order chi connectivity index (χ0) is 58.2. The Balaban J connectivity index is 1.18. The Labute approximate surface area is 457 Å². The number of azo groups is 4. The number of nitrogens with one attached hydrogen (secondary N) is 1. The first-order valence-electron chi connectivity index (χ1n) is 22.9. The molecule has 7 aromatic rings. The molecule has 0 unspecified atom stereocenters. The molecule has 6 N–H and O–H groups in total. The first kappa shape index (κ1) is 59.1. The lowest BCUT2D eigenvalue weighted by atomic mass is 10.1. The van der Waals surface area contributed by atoms with Gasteiger partial charge in [-0.15, -0.1) is 35.8 Å². The number of aryl methyl sites for hydroxylation is 1. The molecule has 7 aromatic carbocycles. The number of hydrogen-bond acceptors (Lipinski definition) is 23. The number of benzene rings is 7. The molecular weight excluding hydrogens is 1130 g/mol. The van der Waals surface area contributed by atoms with E-state index in [-0.39, 0.29) is 93.1 Å². The number of nitrogens with zero attached hydrogens (tertiary/aromatic N) is 8. The van der Waals surface area contributed by atoms with E-state index in [1.165, 1.54) is 64.8 Å². The standard InChI is InChI=1S/C49H47N9O18S4/c1-28-19-36(53-51-34-16-14-32(78(63,64)65)22-46(34)79(66,67)68)45(76-17-9-10-18-77(60,61)62)23-35(28)52-54-37-24-42(73-3)38(25-41(37)72-2)55-56-39-26-44(75-5)40(27-43(39)74-4)57-58-48-47(80(69,70)71)21-29-20-31(13-15-33(29)49(48)59)50-30-11-7-6-8-12-30/h6-8,11-16,19-27,50,59H,9-10,17-18H2,1-5H3,(H,60,61,62)(H,63,64,65)(H,66,67,68)(H,69,70,71). The fourth-order valence-corrected chi connectivity index (χ4v) is 9.81. The summed E-state index contributed by atoms with van der Waals surface area (Å²) in [6, 6.07) is 25.8. The molecule has 27 nitrogen and oxygen atoms in total. The number of phenolic OH excluding ortho intramolecular Hbond substituents is 1. The minimum Gasteiger partial charge on any atom is -0.505 e. The van der Waals surface area contributed by atoms with Crippen LogP contribution in [-0.2, 0) is 40.5 Å². The quantitative estimate of drug-likeness (QED) is 0.0197. The molecule has 0 bridgehead atoms. The Hall–Kier alpha value is -8.56. The number of fused-ring (bicyclic) bond motifs is 1. The maximum atomic E-state index is 12.7. The van der Waals surface area contributed by atoms with Crippen molar-refractivity contribution in [2.75, 3.05) is 46.1 Å². The van der Waals surface area contributed by atoms with Crippen LogP contribution in [0.3, 0.4) is 0 Å². The lowest BCUT2D eigenvalue weighted by Crippen LogP contribution is -2.06. The molecule has 0 radical (unpaired) electrons. The molecule has 0 spiro atoms. The molecule has 7 rings (SSSR count). The van der Waals surface area contributed by atoms with Crippen LogP contribution in [0.25, 0.3) is 10.8 Å². The van der Waals surface area contributed by atoms with E-state index in [4.69, 9.17) is 28.2 Å². The van der Waals surface area contributed by atoms with Crippen LogP contribution >= 0.6 is 0 Å². The fourth-order valence-electron chi connectivity index (χ4n) is 7.36. The van der Waals surface area contributed by atoms with Crippen molar-refractivity contribution >= 4 is 108 Å². The van der Waals surface area contributed by atoms with Gasteiger partial charge in [-0.25, -0.2) is 0 Å². The number of rotatable bonds is 23. The van der Waals surface area contributed by atoms with Gasteiger partial charge in [-0.1, -0.05) is 18.2 Å². The number of phenols is 1. The Kier molecular flexibility index (Phi) is 18.2. The zero-order valence-corrected chi connectivity index (χ0v) is 45.7. The van der Waals surface area contributed by atoms with Crippen molar-refractivity contribution in [2.24, 2.45) is 40.9 Å². The van der Waals surface area contributed by atoms with Gasteiger partial charge in [0.15, 0.2) is 5.75 Å². The van der Waals surface area contributed by atoms with Gasteiger partial charge in [0, 0.05) is 47.1 Å². The molecule has 420 valence electrons. The van der Waals surface area contributed by atoms with Gasteiger partial charge in [0.2, 0.25) is 0 Å². The predicted molar refractivity (Wildman–Crippen MR) is 289 cm³/mol. The highest BCUT2D eigenvalue weighted by Crippen LogP contribution is 2.47. The van der Waals surface area contributed by atoms with Gasteiger partial charge in [0.25, 0.3) is 40.5 Å². The summed E-state index contributed by atoms with van der Waals surface area (Å²) >= 11 is 0. The number of anilines is 2. The van der Waals surface area contributed by atoms with Crippen molar-refractivity contribution < 1.29 is 80.7 Å². The number of para-hydroxylation sites is 1. The van der Waals surface area contributed by atoms with E-state index in [1.807, 2.05) is 30.3 Å². The van der Waals surface area contributed by atoms with Crippen molar-refractivity contribution in [1.82, 2.24) is 0 Å². The van der Waals surface area contributed by atoms with Crippen LogP contribution in [0, 0.1) is 6.92 Å². The van der Waals surface area contributed by atoms with Gasteiger partial charge in [-0.3, -0.25) is 18.2 Å². The van der Waals surface area contributed by atoms with E-state index in [0.717, 1.165) is 23.9 Å². The third-order valence-electron chi connectivity index (χ3n) is 11.2. The van der Waals surface area contributed by atoms with Crippen molar-refractivity contribution in [2.45, 2.75) is 34.5 Å². The van der Waals surface area contributed by atoms with Crippen LogP contribution in [0.2, 0.25) is 0 Å². The predicted octanol–water partition coefficient (Wildman–Crippen LogP) is 12.1. The molecule has 0 aliphatic heterocycles. The van der Waals surface area contributed by atoms with E-state index >= 15 is 0 Å². The van der Waals surface area contributed by atoms with E-state index < -0.39 is 78.0 Å². The molecule has 0 aromatic heterocycles. The van der Waals surface area contributed by atoms with Crippen LogP contribution in [0.5, 0.6) is 34.5 Å². The van der Waals surface area contributed by atoms with Crippen LogP contribution < -0.4 is 29.0 Å². The highest BCUT2D eigenvalue weighted by atomic mass is 32.2. The molecule has 31 heteroatoms. The van der Waals surface area contributed by atoms with E-state index in [1.54, 1.807) is 25.1 Å². The summed E-state index contributed by atoms with van der Waals surface area (Å²) in [6.07, 6.45) is 0.131. The van der Waals surface area contributed by atoms with Gasteiger partial charge in [-0.2, -0.15) is 38.8 Å². The van der Waals surface area contributed by atoms with Crippen LogP contribution in [0.15, 0.2) is 165 Å². The SMILES string of the molecule is COc1cc(N=Nc2cc(OC)c(N=Nc3c(S(=O)(=O)O)cc4cc(Nc5ccccc5)ccc4c3O)cc2OC)c(OC)cc1N=Nc1cc(OCCCCS(=O)(=O)O)c(N=Nc2ccc(S(=O)(=O)O)cc2S(=O)(=O)O)cc1C. The van der Waals surface area contributed by atoms with E-state index in [9.17, 15) is 52.4 Å². The summed E-state index contributed by atoms with van der Waals surface area (Å²) in [5.41, 5.74) is 1.13. The molecule has 0 atom stereocenters. The van der Waals surface area contributed by atoms with Crippen molar-refractivity contribution in [1.29, 1.82) is 0 Å². The Morgan fingerprint density at radius 3 is 1.45 bits per heavy atom. The molecule has 80 heavy (non-hydrogen) atoms. The monoisotopic (exact) mass is 1180 g/mol. The summed E-state index contributed by atoms with van der Waals surface area (Å²) in [7, 11) is -13.9. The lowest BCUT2D eigenvalue weighted by molar-refractivity contribution is 0.310. The first-order valence-corrected chi connectivity index (χ1v) is 28.8. The number of unbranched alkanes of at least 4 members (excludes halogenated alkanes) is 1. The van der Waals surface area contributed by atoms with Gasteiger partial charge in [-0.05, 0) is 91.4 Å². The highest BCUT2D eigenvalue weighted by molar-refractivity contribution is 7.87. The molecule has 0 amide bonds. The van der Waals surface area contributed by atoms with E-state index in [2.05, 4.69) is 46.2 Å². The number of hydrogen-bond donors (Lipinski definition) is 6. The maximum absolute atomic E-state index is 12.7. The van der Waals surface area contributed by atoms with Gasteiger partial charge >= 0.3 is 0 Å². The minimum absolute atomic E-state index is 0.00496. The molecular formula is C49H47N9O18S4. The molecule has 0 saturated carbocycles. The highest BCUT2D eigenvalue weighted by Gasteiger charge is 2.24. The third kappa shape index (κ3) is 14.8. The van der Waals surface area contributed by atoms with Crippen molar-refractivity contribution in [3.8, 4) is 34.5 Å². The second-order valence-electron chi connectivity index (χ2n) is 16.7. The first-order chi connectivity index (χ1) is 37.8. The summed E-state index contributed by atoms with van der Waals surface area (Å²) < 4.78 is 162. The van der Waals surface area contributed by atoms with Gasteiger partial charge < -0.3 is 34.1 Å². The molecule has 0 aliphatic carbocycles. The normalized spacial score (nSPS) is 12.5. The largest absolute Gasteiger partial charge is 0.505 e. The molecule has 0 aliphatic rings. The van der Waals surface area contributed by atoms with Crippen molar-refractivity contribution in [3.05, 3.63) is 115 Å². The third-order valence-corrected chi connectivity index (χ3v) is 14.6. The number of methoxy groups -OCH3 is 4. The van der Waals surface area contributed by atoms with Crippen LogP contribution in [-0.4, -0.2) is 97.8 Å². The smallest absolute Gasteiger partial charge is 0.296 e. The average Bonchev–Trinajstić information content (AvgIpc) is 3.44. The molecule has 0 saturated heterocycles. The lowest BCUT2D eigenvalue weighted by Gasteiger charge is -2.12. The summed E-state index contributed by atoms with van der Waals surface area (Å²) in [6.45, 7) is 1.48. The second kappa shape index (κ2) is 24.6. The van der Waals surface area contributed by atoms with E-state index in [0.29, 0.717) is 17.3 Å². The van der Waals surface area contributed by atoms with Gasteiger partial charge in [0.05, 0.1) is 51.4 Å². The topological polar surface area (TPSA) is 395 Å². The average molecular weight is 1180 g/mol. The maximum Gasteiger partial charge on any atom is 0.296 e. The fraction of sp³-hybridized carbons (Fsp3) is 0.184. The Bertz CT molecular complexity index is 4110. The summed E-state index contributed by atoms with van der Waals surface area (Å²) in [5, 5.41) is 48.6. The second-order valence-corrected chi connectivity index (χ2v) is 22.5. The molecule has 0 heterocycles. The number of ether oxygens (including phenoxy) is 5. The van der Waals surface area contributed by atoms with Crippen LogP contribution in [0.1, 0.15) is 18.4 Å². The Morgan fingerprint density at radius 1 is 0.463 bits per heavy atom. The minimum atomic E-state index is -5.10. The van der Waals surface area contributed by atoms with Crippen molar-refractivity contribution in [3.63, 3.8) is 0 Å². The number of aromatic hydroxyl groups is 1. The van der Waals surface area contributed by atoms with Crippen LogP contribution in [0.4, 0.5) is 56.9 Å². The van der Waals surface area contributed by atoms with Gasteiger partial charge in [0.1, 0.15) is 78.4 Å².